The lowest BCUT2D eigenvalue weighted by molar-refractivity contribution is 0.580. The summed E-state index contributed by atoms with van der Waals surface area (Å²) in [5, 5.41) is 0. The topological polar surface area (TPSA) is 29.3 Å². The fraction of sp³-hybridized carbons (Fsp3) is 0.294. The zero-order chi connectivity index (χ0) is 15.2. The predicted molar refractivity (Wildman–Crippen MR) is 82.0 cm³/mol. The van der Waals surface area contributed by atoms with Crippen LogP contribution >= 0.6 is 0 Å². The number of hydrogen-bond acceptors (Lipinski definition) is 2. The Morgan fingerprint density at radius 1 is 1.05 bits per heavy atom. The second kappa shape index (κ2) is 7.18. The highest BCUT2D eigenvalue weighted by Crippen LogP contribution is 2.20. The van der Waals surface area contributed by atoms with Gasteiger partial charge in [-0.05, 0) is 42.3 Å². The third kappa shape index (κ3) is 4.02. The van der Waals surface area contributed by atoms with Crippen LogP contribution in [-0.4, -0.2) is 6.54 Å². The van der Waals surface area contributed by atoms with Gasteiger partial charge in [-0.2, -0.15) is 0 Å². The number of halogens is 2. The molecule has 0 heterocycles. The lowest BCUT2D eigenvalue weighted by Crippen LogP contribution is -2.24. The van der Waals surface area contributed by atoms with E-state index in [0.717, 1.165) is 30.3 Å². The van der Waals surface area contributed by atoms with Crippen LogP contribution in [0.25, 0.3) is 0 Å². The molecule has 0 aliphatic carbocycles. The molecule has 0 aliphatic rings. The molecule has 2 rings (SSSR count). The molecule has 0 aromatic heterocycles. The van der Waals surface area contributed by atoms with Crippen molar-refractivity contribution < 1.29 is 8.78 Å². The molecule has 0 unspecified atom stereocenters. The molecule has 2 aromatic carbocycles. The predicted octanol–water partition coefficient (Wildman–Crippen LogP) is 3.84. The van der Waals surface area contributed by atoms with Crippen LogP contribution in [0.5, 0.6) is 0 Å². The molecule has 112 valence electrons. The largest absolute Gasteiger partial charge is 0.367 e. The van der Waals surface area contributed by atoms with Crippen molar-refractivity contribution in [2.45, 2.75) is 26.4 Å². The van der Waals surface area contributed by atoms with E-state index in [-0.39, 0.29) is 5.82 Å². The molecular formula is C17H20F2N2. The normalized spacial score (nSPS) is 10.7. The zero-order valence-corrected chi connectivity index (χ0v) is 12.2. The summed E-state index contributed by atoms with van der Waals surface area (Å²) in [5.74, 6) is -0.794. The van der Waals surface area contributed by atoms with E-state index < -0.39 is 5.82 Å². The van der Waals surface area contributed by atoms with Gasteiger partial charge in [-0.1, -0.05) is 19.1 Å². The van der Waals surface area contributed by atoms with Crippen molar-refractivity contribution in [2.24, 2.45) is 5.73 Å². The second-order valence-corrected chi connectivity index (χ2v) is 5.03. The number of benzene rings is 2. The Morgan fingerprint density at radius 3 is 2.38 bits per heavy atom. The van der Waals surface area contributed by atoms with Gasteiger partial charge in [0.05, 0.1) is 0 Å². The van der Waals surface area contributed by atoms with E-state index in [0.29, 0.717) is 18.7 Å². The quantitative estimate of drug-likeness (QED) is 0.876. The van der Waals surface area contributed by atoms with Crippen molar-refractivity contribution in [3.63, 3.8) is 0 Å². The Balaban J connectivity index is 2.23. The lowest BCUT2D eigenvalue weighted by Gasteiger charge is -2.25. The second-order valence-electron chi connectivity index (χ2n) is 5.03. The van der Waals surface area contributed by atoms with Gasteiger partial charge in [0.25, 0.3) is 0 Å². The number of nitrogens with zero attached hydrogens (tertiary/aromatic N) is 1. The maximum atomic E-state index is 13.8. The van der Waals surface area contributed by atoms with Gasteiger partial charge in [0.15, 0.2) is 0 Å². The molecule has 0 saturated carbocycles. The van der Waals surface area contributed by atoms with Crippen molar-refractivity contribution >= 4 is 5.69 Å². The first kappa shape index (κ1) is 15.4. The standard InChI is InChI=1S/C17H20F2N2/c1-2-9-21(16-6-3-13(11-20)4-7-16)12-14-10-15(18)5-8-17(14)19/h3-8,10H,2,9,11-12,20H2,1H3. The van der Waals surface area contributed by atoms with Crippen LogP contribution in [0.3, 0.4) is 0 Å². The molecule has 21 heavy (non-hydrogen) atoms. The highest BCUT2D eigenvalue weighted by molar-refractivity contribution is 5.48. The van der Waals surface area contributed by atoms with Gasteiger partial charge in [0, 0.05) is 30.9 Å². The highest BCUT2D eigenvalue weighted by Gasteiger charge is 2.11. The average Bonchev–Trinajstić information content (AvgIpc) is 2.50. The molecule has 0 bridgehead atoms. The van der Waals surface area contributed by atoms with Crippen molar-refractivity contribution in [1.29, 1.82) is 0 Å². The molecule has 0 radical (unpaired) electrons. The summed E-state index contributed by atoms with van der Waals surface area (Å²) in [6.45, 7) is 3.67. The van der Waals surface area contributed by atoms with Crippen LogP contribution in [0.15, 0.2) is 42.5 Å². The fourth-order valence-corrected chi connectivity index (χ4v) is 2.28. The van der Waals surface area contributed by atoms with Gasteiger partial charge in [0.1, 0.15) is 11.6 Å². The van der Waals surface area contributed by atoms with Gasteiger partial charge in [-0.15, -0.1) is 0 Å². The molecule has 0 spiro atoms. The summed E-state index contributed by atoms with van der Waals surface area (Å²) < 4.78 is 27.1. The minimum absolute atomic E-state index is 0.347. The zero-order valence-electron chi connectivity index (χ0n) is 12.2. The summed E-state index contributed by atoms with van der Waals surface area (Å²) >= 11 is 0. The lowest BCUT2D eigenvalue weighted by atomic mass is 10.1. The molecule has 0 fully saturated rings. The minimum Gasteiger partial charge on any atom is -0.367 e. The summed E-state index contributed by atoms with van der Waals surface area (Å²) in [6.07, 6.45) is 0.926. The van der Waals surface area contributed by atoms with E-state index in [1.54, 1.807) is 0 Å². The Hall–Kier alpha value is -1.94. The van der Waals surface area contributed by atoms with E-state index in [9.17, 15) is 8.78 Å². The van der Waals surface area contributed by atoms with E-state index in [1.807, 2.05) is 29.2 Å². The highest BCUT2D eigenvalue weighted by atomic mass is 19.1. The van der Waals surface area contributed by atoms with Crippen LogP contribution in [0.1, 0.15) is 24.5 Å². The minimum atomic E-state index is -0.415. The van der Waals surface area contributed by atoms with E-state index in [2.05, 4.69) is 6.92 Å². The summed E-state index contributed by atoms with van der Waals surface area (Å²) in [6, 6.07) is 11.4. The monoisotopic (exact) mass is 290 g/mol. The van der Waals surface area contributed by atoms with E-state index in [4.69, 9.17) is 5.73 Å². The summed E-state index contributed by atoms with van der Waals surface area (Å²) in [5.41, 5.74) is 7.99. The van der Waals surface area contributed by atoms with Crippen LogP contribution < -0.4 is 10.6 Å². The molecule has 4 heteroatoms. The SMILES string of the molecule is CCCN(Cc1cc(F)ccc1F)c1ccc(CN)cc1. The van der Waals surface area contributed by atoms with Gasteiger partial charge in [0.2, 0.25) is 0 Å². The molecule has 0 saturated heterocycles. The van der Waals surface area contributed by atoms with Gasteiger partial charge < -0.3 is 10.6 Å². The molecule has 0 atom stereocenters. The maximum Gasteiger partial charge on any atom is 0.128 e. The summed E-state index contributed by atoms with van der Waals surface area (Å²) in [7, 11) is 0. The Kier molecular flexibility index (Phi) is 5.28. The number of hydrogen-bond donors (Lipinski definition) is 1. The van der Waals surface area contributed by atoms with Crippen LogP contribution in [0, 0.1) is 11.6 Å². The first-order chi connectivity index (χ1) is 10.1. The van der Waals surface area contributed by atoms with Gasteiger partial charge in [-0.3, -0.25) is 0 Å². The maximum absolute atomic E-state index is 13.8. The van der Waals surface area contributed by atoms with Crippen molar-refractivity contribution in [1.82, 2.24) is 0 Å². The van der Waals surface area contributed by atoms with E-state index in [1.165, 1.54) is 12.1 Å². The Bertz CT molecular complexity index is 582. The number of nitrogens with two attached hydrogens (primary N) is 1. The van der Waals surface area contributed by atoms with Crippen molar-refractivity contribution in [2.75, 3.05) is 11.4 Å². The molecule has 2 nitrogen and oxygen atoms in total. The molecule has 2 aromatic rings. The molecular weight excluding hydrogens is 270 g/mol. The third-order valence-corrected chi connectivity index (χ3v) is 3.40. The van der Waals surface area contributed by atoms with Crippen molar-refractivity contribution in [3.05, 3.63) is 65.2 Å². The van der Waals surface area contributed by atoms with Crippen LogP contribution in [0.2, 0.25) is 0 Å². The first-order valence-corrected chi connectivity index (χ1v) is 7.12. The van der Waals surface area contributed by atoms with Gasteiger partial charge in [-0.25, -0.2) is 8.78 Å². The molecule has 0 amide bonds. The number of anilines is 1. The van der Waals surface area contributed by atoms with Gasteiger partial charge >= 0.3 is 0 Å². The Labute approximate surface area is 124 Å². The van der Waals surface area contributed by atoms with Crippen molar-refractivity contribution in [3.8, 4) is 0 Å². The summed E-state index contributed by atoms with van der Waals surface area (Å²) in [4.78, 5) is 2.04. The first-order valence-electron chi connectivity index (χ1n) is 7.12. The average molecular weight is 290 g/mol. The third-order valence-electron chi connectivity index (χ3n) is 3.40. The number of rotatable bonds is 6. The molecule has 2 N–H and O–H groups in total. The fourth-order valence-electron chi connectivity index (χ4n) is 2.28. The molecule has 0 aliphatic heterocycles. The smallest absolute Gasteiger partial charge is 0.128 e. The van der Waals surface area contributed by atoms with Crippen LogP contribution in [0.4, 0.5) is 14.5 Å². The van der Waals surface area contributed by atoms with E-state index >= 15 is 0 Å². The van der Waals surface area contributed by atoms with Crippen LogP contribution in [-0.2, 0) is 13.1 Å². The Morgan fingerprint density at radius 2 is 1.76 bits per heavy atom.